The fourth-order valence-electron chi connectivity index (χ4n) is 1.79. The van der Waals surface area contributed by atoms with Gasteiger partial charge in [0.25, 0.3) is 0 Å². The first-order chi connectivity index (χ1) is 5.47. The summed E-state index contributed by atoms with van der Waals surface area (Å²) in [5.41, 5.74) is 0. The molecule has 0 aromatic rings. The highest BCUT2D eigenvalue weighted by molar-refractivity contribution is 6.35. The van der Waals surface area contributed by atoms with E-state index in [0.717, 1.165) is 12.8 Å². The second-order valence-electron chi connectivity index (χ2n) is 4.29. The van der Waals surface area contributed by atoms with Gasteiger partial charge in [0.15, 0.2) is 5.78 Å². The number of carbonyl (C=O) groups excluding carboxylic acids is 1. The van der Waals surface area contributed by atoms with Crippen molar-refractivity contribution in [3.63, 3.8) is 0 Å². The van der Waals surface area contributed by atoms with Gasteiger partial charge >= 0.3 is 0 Å². The average molecular weight is 189 g/mol. The number of hydrogen-bond acceptors (Lipinski definition) is 1. The standard InChI is InChI=1S/C10H17ClO/c1-7(2)10(11)5-4-8(3)6-9(10)12/h7-8H,4-6H2,1-3H3. The van der Waals surface area contributed by atoms with Gasteiger partial charge in [0.05, 0.1) is 0 Å². The average Bonchev–Trinajstić information content (AvgIpc) is 1.97. The fourth-order valence-corrected chi connectivity index (χ4v) is 1.98. The Morgan fingerprint density at radius 2 is 2.17 bits per heavy atom. The van der Waals surface area contributed by atoms with Crippen LogP contribution in [0.2, 0.25) is 0 Å². The lowest BCUT2D eigenvalue weighted by atomic mass is 9.76. The van der Waals surface area contributed by atoms with Crippen LogP contribution >= 0.6 is 11.6 Å². The van der Waals surface area contributed by atoms with E-state index in [2.05, 4.69) is 6.92 Å². The largest absolute Gasteiger partial charge is 0.298 e. The van der Waals surface area contributed by atoms with Crippen LogP contribution in [0, 0.1) is 11.8 Å². The highest BCUT2D eigenvalue weighted by atomic mass is 35.5. The number of rotatable bonds is 1. The number of hydrogen-bond donors (Lipinski definition) is 0. The minimum atomic E-state index is -0.549. The van der Waals surface area contributed by atoms with E-state index in [-0.39, 0.29) is 11.7 Å². The van der Waals surface area contributed by atoms with Gasteiger partial charge in [-0.3, -0.25) is 4.79 Å². The summed E-state index contributed by atoms with van der Waals surface area (Å²) < 4.78 is 0. The molecule has 0 N–H and O–H groups in total. The molecule has 0 saturated heterocycles. The fraction of sp³-hybridized carbons (Fsp3) is 0.900. The molecule has 1 saturated carbocycles. The Balaban J connectivity index is 2.73. The Bertz CT molecular complexity index is 188. The van der Waals surface area contributed by atoms with Crippen molar-refractivity contribution in [2.24, 2.45) is 11.8 Å². The molecule has 2 heteroatoms. The predicted molar refractivity (Wildman–Crippen MR) is 51.4 cm³/mol. The molecule has 1 rings (SSSR count). The van der Waals surface area contributed by atoms with Crippen molar-refractivity contribution in [2.45, 2.75) is 44.9 Å². The summed E-state index contributed by atoms with van der Waals surface area (Å²) in [6.07, 6.45) is 2.61. The molecule has 0 aromatic carbocycles. The van der Waals surface area contributed by atoms with Gasteiger partial charge in [0.2, 0.25) is 0 Å². The maximum absolute atomic E-state index is 11.6. The molecule has 0 aliphatic heterocycles. The van der Waals surface area contributed by atoms with Gasteiger partial charge < -0.3 is 0 Å². The van der Waals surface area contributed by atoms with Gasteiger partial charge in [0.1, 0.15) is 4.87 Å². The zero-order valence-electron chi connectivity index (χ0n) is 8.06. The molecular formula is C10H17ClO. The summed E-state index contributed by atoms with van der Waals surface area (Å²) in [5, 5.41) is 0. The van der Waals surface area contributed by atoms with Crippen LogP contribution in [-0.4, -0.2) is 10.7 Å². The van der Waals surface area contributed by atoms with Crippen molar-refractivity contribution in [2.75, 3.05) is 0 Å². The van der Waals surface area contributed by atoms with E-state index in [1.807, 2.05) is 13.8 Å². The lowest BCUT2D eigenvalue weighted by Crippen LogP contribution is -2.42. The van der Waals surface area contributed by atoms with Crippen LogP contribution in [0.15, 0.2) is 0 Å². The molecule has 2 atom stereocenters. The van der Waals surface area contributed by atoms with Crippen LogP contribution in [-0.2, 0) is 4.79 Å². The van der Waals surface area contributed by atoms with Crippen molar-refractivity contribution < 1.29 is 4.79 Å². The maximum Gasteiger partial charge on any atom is 0.154 e. The molecular weight excluding hydrogens is 172 g/mol. The second kappa shape index (κ2) is 3.37. The number of alkyl halides is 1. The minimum absolute atomic E-state index is 0.248. The zero-order chi connectivity index (χ0) is 9.35. The van der Waals surface area contributed by atoms with Crippen LogP contribution in [0.4, 0.5) is 0 Å². The summed E-state index contributed by atoms with van der Waals surface area (Å²) in [6.45, 7) is 6.18. The Kier molecular flexibility index (Phi) is 2.82. The minimum Gasteiger partial charge on any atom is -0.298 e. The monoisotopic (exact) mass is 188 g/mol. The number of ketones is 1. The highest BCUT2D eigenvalue weighted by Crippen LogP contribution is 2.39. The summed E-state index contributed by atoms with van der Waals surface area (Å²) in [4.78, 5) is 11.1. The summed E-state index contributed by atoms with van der Waals surface area (Å²) in [7, 11) is 0. The summed E-state index contributed by atoms with van der Waals surface area (Å²) in [6, 6.07) is 0. The van der Waals surface area contributed by atoms with Crippen LogP contribution in [0.25, 0.3) is 0 Å². The number of halogens is 1. The molecule has 1 aliphatic rings. The summed E-state index contributed by atoms with van der Waals surface area (Å²) >= 11 is 6.28. The maximum atomic E-state index is 11.6. The van der Waals surface area contributed by atoms with Crippen molar-refractivity contribution in [3.05, 3.63) is 0 Å². The van der Waals surface area contributed by atoms with Crippen molar-refractivity contribution in [1.82, 2.24) is 0 Å². The zero-order valence-corrected chi connectivity index (χ0v) is 8.82. The smallest absolute Gasteiger partial charge is 0.154 e. The van der Waals surface area contributed by atoms with Gasteiger partial charge in [-0.1, -0.05) is 20.8 Å². The predicted octanol–water partition coefficient (Wildman–Crippen LogP) is 3.01. The molecule has 2 unspecified atom stereocenters. The number of carbonyl (C=O) groups is 1. The molecule has 0 spiro atoms. The van der Waals surface area contributed by atoms with Gasteiger partial charge in [-0.15, -0.1) is 11.6 Å². The van der Waals surface area contributed by atoms with Crippen LogP contribution in [0.1, 0.15) is 40.0 Å². The van der Waals surface area contributed by atoms with E-state index in [1.165, 1.54) is 0 Å². The Morgan fingerprint density at radius 1 is 1.58 bits per heavy atom. The first-order valence-electron chi connectivity index (χ1n) is 4.69. The quantitative estimate of drug-likeness (QED) is 0.579. The first-order valence-corrected chi connectivity index (χ1v) is 5.07. The lowest BCUT2D eigenvalue weighted by Gasteiger charge is -2.35. The molecule has 1 nitrogen and oxygen atoms in total. The highest BCUT2D eigenvalue weighted by Gasteiger charge is 2.42. The lowest BCUT2D eigenvalue weighted by molar-refractivity contribution is -0.125. The Labute approximate surface area is 79.5 Å². The van der Waals surface area contributed by atoms with Crippen LogP contribution in [0.5, 0.6) is 0 Å². The van der Waals surface area contributed by atoms with Crippen molar-refractivity contribution in [3.8, 4) is 0 Å². The second-order valence-corrected chi connectivity index (χ2v) is 4.96. The molecule has 12 heavy (non-hydrogen) atoms. The topological polar surface area (TPSA) is 17.1 Å². The third-order valence-electron chi connectivity index (χ3n) is 2.91. The molecule has 0 amide bonds. The molecule has 1 fully saturated rings. The molecule has 0 heterocycles. The first kappa shape index (κ1) is 10.0. The van der Waals surface area contributed by atoms with Crippen molar-refractivity contribution >= 4 is 17.4 Å². The number of Topliss-reactive ketones (excluding diaryl/α,β-unsaturated/α-hetero) is 1. The normalized spacial score (nSPS) is 37.4. The van der Waals surface area contributed by atoms with E-state index in [9.17, 15) is 4.79 Å². The van der Waals surface area contributed by atoms with E-state index in [1.54, 1.807) is 0 Å². The van der Waals surface area contributed by atoms with E-state index < -0.39 is 4.87 Å². The van der Waals surface area contributed by atoms with Crippen LogP contribution in [0.3, 0.4) is 0 Å². The third-order valence-corrected chi connectivity index (χ3v) is 3.75. The molecule has 0 bridgehead atoms. The van der Waals surface area contributed by atoms with E-state index in [0.29, 0.717) is 12.3 Å². The third kappa shape index (κ3) is 1.66. The molecule has 70 valence electrons. The Morgan fingerprint density at radius 3 is 2.58 bits per heavy atom. The van der Waals surface area contributed by atoms with Gasteiger partial charge in [0, 0.05) is 6.42 Å². The van der Waals surface area contributed by atoms with Gasteiger partial charge in [-0.05, 0) is 24.7 Å². The Hall–Kier alpha value is -0.0400. The summed E-state index contributed by atoms with van der Waals surface area (Å²) in [5.74, 6) is 1.04. The van der Waals surface area contributed by atoms with Crippen LogP contribution < -0.4 is 0 Å². The molecule has 1 aliphatic carbocycles. The van der Waals surface area contributed by atoms with E-state index >= 15 is 0 Å². The SMILES string of the molecule is CC1CCC(Cl)(C(C)C)C(=O)C1. The van der Waals surface area contributed by atoms with Gasteiger partial charge in [-0.2, -0.15) is 0 Å². The van der Waals surface area contributed by atoms with Crippen molar-refractivity contribution in [1.29, 1.82) is 0 Å². The van der Waals surface area contributed by atoms with E-state index in [4.69, 9.17) is 11.6 Å². The van der Waals surface area contributed by atoms with Gasteiger partial charge in [-0.25, -0.2) is 0 Å². The molecule has 0 radical (unpaired) electrons. The molecule has 0 aromatic heterocycles.